The molecule has 18 heavy (non-hydrogen) atoms. The lowest BCUT2D eigenvalue weighted by Gasteiger charge is -2.08. The van der Waals surface area contributed by atoms with E-state index in [1.807, 2.05) is 32.0 Å². The first kappa shape index (κ1) is 12.4. The largest absolute Gasteiger partial charge is 0.299 e. The van der Waals surface area contributed by atoms with Crippen molar-refractivity contribution < 1.29 is 4.79 Å². The minimum Gasteiger partial charge on any atom is -0.299 e. The van der Waals surface area contributed by atoms with E-state index in [0.717, 1.165) is 5.69 Å². The van der Waals surface area contributed by atoms with E-state index in [9.17, 15) is 4.79 Å². The van der Waals surface area contributed by atoms with Gasteiger partial charge < -0.3 is 0 Å². The van der Waals surface area contributed by atoms with E-state index in [2.05, 4.69) is 15.1 Å². The highest BCUT2D eigenvalue weighted by Crippen LogP contribution is 2.07. The summed E-state index contributed by atoms with van der Waals surface area (Å²) in [5.74, 6) is 0.814. The quantitative estimate of drug-likeness (QED) is 0.801. The molecule has 0 bridgehead atoms. The molecule has 0 fully saturated rings. The van der Waals surface area contributed by atoms with Crippen LogP contribution in [0.1, 0.15) is 31.4 Å². The minimum absolute atomic E-state index is 0.101. The van der Waals surface area contributed by atoms with Crippen molar-refractivity contribution in [2.24, 2.45) is 0 Å². The predicted molar refractivity (Wildman–Crippen MR) is 67.1 cm³/mol. The SMILES string of the molecule is CC(C)n1ncnc1CC(=O)Cc1ccccn1. The van der Waals surface area contributed by atoms with Crippen molar-refractivity contribution in [2.75, 3.05) is 0 Å². The van der Waals surface area contributed by atoms with Crippen molar-refractivity contribution in [3.05, 3.63) is 42.2 Å². The van der Waals surface area contributed by atoms with Gasteiger partial charge in [0.05, 0.1) is 6.42 Å². The summed E-state index contributed by atoms with van der Waals surface area (Å²) in [5, 5.41) is 4.11. The molecule has 0 amide bonds. The highest BCUT2D eigenvalue weighted by molar-refractivity contribution is 5.82. The van der Waals surface area contributed by atoms with Gasteiger partial charge in [0.1, 0.15) is 17.9 Å². The van der Waals surface area contributed by atoms with Crippen LogP contribution in [0.4, 0.5) is 0 Å². The Bertz CT molecular complexity index is 519. The second-order valence-corrected chi connectivity index (χ2v) is 4.43. The highest BCUT2D eigenvalue weighted by atomic mass is 16.1. The van der Waals surface area contributed by atoms with Gasteiger partial charge in [0, 0.05) is 24.4 Å². The van der Waals surface area contributed by atoms with E-state index in [1.165, 1.54) is 6.33 Å². The normalized spacial score (nSPS) is 10.8. The molecular formula is C13H16N4O. The first-order chi connectivity index (χ1) is 8.66. The maximum atomic E-state index is 11.9. The van der Waals surface area contributed by atoms with Gasteiger partial charge in [0.15, 0.2) is 0 Å². The molecule has 5 nitrogen and oxygen atoms in total. The maximum absolute atomic E-state index is 11.9. The average Bonchev–Trinajstić information content (AvgIpc) is 2.78. The first-order valence-corrected chi connectivity index (χ1v) is 5.97. The maximum Gasteiger partial charge on any atom is 0.146 e. The van der Waals surface area contributed by atoms with Crippen LogP contribution in [0.15, 0.2) is 30.7 Å². The van der Waals surface area contributed by atoms with Gasteiger partial charge in [0.25, 0.3) is 0 Å². The third-order valence-electron chi connectivity index (χ3n) is 2.60. The minimum atomic E-state index is 0.101. The second-order valence-electron chi connectivity index (χ2n) is 4.43. The first-order valence-electron chi connectivity index (χ1n) is 5.97. The van der Waals surface area contributed by atoms with Crippen LogP contribution < -0.4 is 0 Å². The fraction of sp³-hybridized carbons (Fsp3) is 0.385. The Balaban J connectivity index is 2.01. The summed E-state index contributed by atoms with van der Waals surface area (Å²) in [6.45, 7) is 4.03. The van der Waals surface area contributed by atoms with Crippen molar-refractivity contribution in [1.82, 2.24) is 19.7 Å². The molecular weight excluding hydrogens is 228 g/mol. The molecule has 0 aliphatic carbocycles. The van der Waals surface area contributed by atoms with E-state index in [-0.39, 0.29) is 11.8 Å². The molecule has 0 radical (unpaired) electrons. The number of aromatic nitrogens is 4. The van der Waals surface area contributed by atoms with Crippen LogP contribution in [0.3, 0.4) is 0 Å². The zero-order valence-corrected chi connectivity index (χ0v) is 10.6. The number of nitrogens with zero attached hydrogens (tertiary/aromatic N) is 4. The van der Waals surface area contributed by atoms with Crippen LogP contribution in [-0.4, -0.2) is 25.5 Å². The molecule has 0 N–H and O–H groups in total. The van der Waals surface area contributed by atoms with E-state index >= 15 is 0 Å². The lowest BCUT2D eigenvalue weighted by Crippen LogP contribution is -2.14. The Labute approximate surface area is 106 Å². The zero-order valence-electron chi connectivity index (χ0n) is 10.6. The van der Waals surface area contributed by atoms with Gasteiger partial charge in [-0.1, -0.05) is 6.07 Å². The standard InChI is InChI=1S/C13H16N4O/c1-10(2)17-13(15-9-16-17)8-12(18)7-11-5-3-4-6-14-11/h3-6,9-10H,7-8H2,1-2H3. The van der Waals surface area contributed by atoms with E-state index in [1.54, 1.807) is 10.9 Å². The second kappa shape index (κ2) is 5.53. The van der Waals surface area contributed by atoms with Crippen molar-refractivity contribution in [1.29, 1.82) is 0 Å². The Kier molecular flexibility index (Phi) is 3.82. The third-order valence-corrected chi connectivity index (χ3v) is 2.60. The molecule has 0 saturated heterocycles. The summed E-state index contributed by atoms with van der Waals surface area (Å²) in [5.41, 5.74) is 0.790. The van der Waals surface area contributed by atoms with Gasteiger partial charge in [-0.15, -0.1) is 0 Å². The molecule has 0 aliphatic heterocycles. The number of ketones is 1. The predicted octanol–water partition coefficient (Wildman–Crippen LogP) is 1.61. The summed E-state index contributed by atoms with van der Waals surface area (Å²) in [6, 6.07) is 5.78. The molecule has 0 aliphatic rings. The van der Waals surface area contributed by atoms with Gasteiger partial charge in [-0.2, -0.15) is 5.10 Å². The van der Waals surface area contributed by atoms with Gasteiger partial charge in [-0.25, -0.2) is 9.67 Å². The summed E-state index contributed by atoms with van der Waals surface area (Å²) in [7, 11) is 0. The van der Waals surface area contributed by atoms with Gasteiger partial charge in [0.2, 0.25) is 0 Å². The molecule has 2 rings (SSSR count). The lowest BCUT2D eigenvalue weighted by molar-refractivity contribution is -0.118. The highest BCUT2D eigenvalue weighted by Gasteiger charge is 2.12. The number of carbonyl (C=O) groups excluding carboxylic acids is 1. The Morgan fingerprint density at radius 3 is 2.78 bits per heavy atom. The number of carbonyl (C=O) groups is 1. The van der Waals surface area contributed by atoms with Gasteiger partial charge >= 0.3 is 0 Å². The number of pyridine rings is 1. The molecule has 0 atom stereocenters. The fourth-order valence-corrected chi connectivity index (χ4v) is 1.78. The molecule has 94 valence electrons. The Morgan fingerprint density at radius 1 is 1.28 bits per heavy atom. The topological polar surface area (TPSA) is 60.7 Å². The van der Waals surface area contributed by atoms with Crippen molar-refractivity contribution in [3.8, 4) is 0 Å². The lowest BCUT2D eigenvalue weighted by atomic mass is 10.1. The zero-order chi connectivity index (χ0) is 13.0. The summed E-state index contributed by atoms with van der Waals surface area (Å²) < 4.78 is 1.77. The van der Waals surface area contributed by atoms with Gasteiger partial charge in [-0.05, 0) is 26.0 Å². The average molecular weight is 244 g/mol. The van der Waals surface area contributed by atoms with E-state index < -0.39 is 0 Å². The molecule has 0 unspecified atom stereocenters. The molecule has 0 aromatic carbocycles. The summed E-state index contributed by atoms with van der Waals surface area (Å²) in [6.07, 6.45) is 3.82. The van der Waals surface area contributed by atoms with E-state index in [0.29, 0.717) is 18.7 Å². The molecule has 2 aromatic rings. The van der Waals surface area contributed by atoms with Crippen LogP contribution in [0.2, 0.25) is 0 Å². The van der Waals surface area contributed by atoms with Crippen LogP contribution in [0.5, 0.6) is 0 Å². The molecule has 0 saturated carbocycles. The monoisotopic (exact) mass is 244 g/mol. The van der Waals surface area contributed by atoms with Crippen LogP contribution >= 0.6 is 0 Å². The number of hydrogen-bond donors (Lipinski definition) is 0. The van der Waals surface area contributed by atoms with Crippen molar-refractivity contribution in [2.45, 2.75) is 32.7 Å². The van der Waals surface area contributed by atoms with E-state index in [4.69, 9.17) is 0 Å². The van der Waals surface area contributed by atoms with Crippen LogP contribution in [-0.2, 0) is 17.6 Å². The summed E-state index contributed by atoms with van der Waals surface area (Å²) in [4.78, 5) is 20.2. The number of hydrogen-bond acceptors (Lipinski definition) is 4. The molecule has 2 heterocycles. The Morgan fingerprint density at radius 2 is 2.11 bits per heavy atom. The fourth-order valence-electron chi connectivity index (χ4n) is 1.78. The number of rotatable bonds is 5. The third kappa shape index (κ3) is 3.00. The van der Waals surface area contributed by atoms with Gasteiger partial charge in [-0.3, -0.25) is 9.78 Å². The molecule has 5 heteroatoms. The van der Waals surface area contributed by atoms with Crippen LogP contribution in [0.25, 0.3) is 0 Å². The Hall–Kier alpha value is -2.04. The molecule has 2 aromatic heterocycles. The summed E-state index contributed by atoms with van der Waals surface area (Å²) >= 11 is 0. The van der Waals surface area contributed by atoms with Crippen LogP contribution in [0, 0.1) is 0 Å². The van der Waals surface area contributed by atoms with Crippen molar-refractivity contribution in [3.63, 3.8) is 0 Å². The smallest absolute Gasteiger partial charge is 0.146 e. The van der Waals surface area contributed by atoms with Crippen molar-refractivity contribution >= 4 is 5.78 Å². The number of Topliss-reactive ketones (excluding diaryl/α,β-unsaturated/α-hetero) is 1. The molecule has 0 spiro atoms.